The molecular formula is C26H40ClNO4. The molecule has 4 saturated carbocycles. The average Bonchev–Trinajstić information content (AvgIpc) is 2.70. The molecule has 5 rings (SSSR count). The van der Waals surface area contributed by atoms with Crippen LogP contribution >= 0.6 is 12.4 Å². The normalized spacial score (nSPS) is 28.9. The number of hydrogen-bond donors (Lipinski definition) is 2. The third kappa shape index (κ3) is 6.85. The van der Waals surface area contributed by atoms with Crippen molar-refractivity contribution in [2.75, 3.05) is 19.8 Å². The molecule has 1 aromatic carbocycles. The Kier molecular flexibility index (Phi) is 8.88. The Morgan fingerprint density at radius 2 is 1.69 bits per heavy atom. The van der Waals surface area contributed by atoms with Crippen molar-refractivity contribution in [3.63, 3.8) is 0 Å². The number of ether oxygens (including phenoxy) is 2. The predicted octanol–water partition coefficient (Wildman–Crippen LogP) is 4.54. The minimum absolute atomic E-state index is 0. The number of nitrogens with one attached hydrogen (secondary N) is 1. The van der Waals surface area contributed by atoms with E-state index in [4.69, 9.17) is 9.47 Å². The van der Waals surface area contributed by atoms with Crippen molar-refractivity contribution in [2.45, 2.75) is 77.4 Å². The van der Waals surface area contributed by atoms with Crippen molar-refractivity contribution < 1.29 is 19.4 Å². The third-order valence-corrected chi connectivity index (χ3v) is 7.54. The highest BCUT2D eigenvalue weighted by atomic mass is 35.5. The molecule has 0 aliphatic heterocycles. The van der Waals surface area contributed by atoms with Gasteiger partial charge in [0.1, 0.15) is 18.5 Å². The Bertz CT molecular complexity index is 701. The SMILES string of the molecule is CC(C)NCC(O)COc1ccc(CC(=O)OCCC23CC4CC(CC(C4)C2)C3)cc1.Cl. The van der Waals surface area contributed by atoms with Crippen LogP contribution in [0.2, 0.25) is 0 Å². The molecule has 4 aliphatic carbocycles. The molecule has 0 saturated heterocycles. The van der Waals surface area contributed by atoms with Gasteiger partial charge >= 0.3 is 5.97 Å². The highest BCUT2D eigenvalue weighted by Gasteiger charge is 2.50. The van der Waals surface area contributed by atoms with Crippen LogP contribution in [0.4, 0.5) is 0 Å². The van der Waals surface area contributed by atoms with Gasteiger partial charge in [-0.2, -0.15) is 0 Å². The first-order chi connectivity index (χ1) is 14.9. The molecule has 0 spiro atoms. The Labute approximate surface area is 199 Å². The van der Waals surface area contributed by atoms with Crippen LogP contribution in [0.3, 0.4) is 0 Å². The van der Waals surface area contributed by atoms with Gasteiger partial charge in [0, 0.05) is 12.6 Å². The zero-order valence-electron chi connectivity index (χ0n) is 19.6. The number of carbonyl (C=O) groups excluding carboxylic acids is 1. The monoisotopic (exact) mass is 465 g/mol. The number of aliphatic hydroxyl groups excluding tert-OH is 1. The summed E-state index contributed by atoms with van der Waals surface area (Å²) in [5.41, 5.74) is 1.39. The van der Waals surface area contributed by atoms with Crippen LogP contribution in [-0.2, 0) is 16.0 Å². The summed E-state index contributed by atoms with van der Waals surface area (Å²) >= 11 is 0. The molecule has 32 heavy (non-hydrogen) atoms. The number of benzene rings is 1. The molecule has 1 atom stereocenters. The lowest BCUT2D eigenvalue weighted by molar-refractivity contribution is -0.145. The second-order valence-corrected chi connectivity index (χ2v) is 10.7. The van der Waals surface area contributed by atoms with E-state index in [9.17, 15) is 9.90 Å². The van der Waals surface area contributed by atoms with Crippen molar-refractivity contribution in [3.8, 4) is 5.75 Å². The van der Waals surface area contributed by atoms with Gasteiger partial charge in [0.15, 0.2) is 0 Å². The Hall–Kier alpha value is -1.30. The zero-order valence-corrected chi connectivity index (χ0v) is 20.4. The van der Waals surface area contributed by atoms with Gasteiger partial charge in [-0.1, -0.05) is 26.0 Å². The summed E-state index contributed by atoms with van der Waals surface area (Å²) in [6.07, 6.45) is 9.23. The van der Waals surface area contributed by atoms with Crippen molar-refractivity contribution in [2.24, 2.45) is 23.2 Å². The Morgan fingerprint density at radius 3 is 2.25 bits per heavy atom. The van der Waals surface area contributed by atoms with Gasteiger partial charge < -0.3 is 19.9 Å². The fraction of sp³-hybridized carbons (Fsp3) is 0.731. The first kappa shape index (κ1) is 25.3. The van der Waals surface area contributed by atoms with Gasteiger partial charge in [-0.3, -0.25) is 4.79 Å². The zero-order chi connectivity index (χ0) is 21.8. The molecule has 5 nitrogen and oxygen atoms in total. The maximum absolute atomic E-state index is 12.3. The quantitative estimate of drug-likeness (QED) is 0.469. The van der Waals surface area contributed by atoms with Gasteiger partial charge in [0.2, 0.25) is 0 Å². The van der Waals surface area contributed by atoms with Crippen molar-refractivity contribution in [3.05, 3.63) is 29.8 Å². The van der Waals surface area contributed by atoms with Crippen molar-refractivity contribution in [1.29, 1.82) is 0 Å². The van der Waals surface area contributed by atoms with Crippen LogP contribution in [0, 0.1) is 23.2 Å². The molecule has 0 heterocycles. The topological polar surface area (TPSA) is 67.8 Å². The largest absolute Gasteiger partial charge is 0.491 e. The number of halogens is 1. The van der Waals surface area contributed by atoms with Crippen molar-refractivity contribution in [1.82, 2.24) is 5.32 Å². The van der Waals surface area contributed by atoms with E-state index < -0.39 is 6.10 Å². The highest BCUT2D eigenvalue weighted by Crippen LogP contribution is 2.61. The van der Waals surface area contributed by atoms with Crippen LogP contribution in [-0.4, -0.2) is 43.0 Å². The van der Waals surface area contributed by atoms with Gasteiger partial charge in [0.25, 0.3) is 0 Å². The van der Waals surface area contributed by atoms with Gasteiger partial charge in [-0.15, -0.1) is 12.4 Å². The Morgan fingerprint density at radius 1 is 1.09 bits per heavy atom. The summed E-state index contributed by atoms with van der Waals surface area (Å²) in [6.45, 7) is 5.39. The van der Waals surface area contributed by atoms with Gasteiger partial charge in [-0.05, 0) is 85.8 Å². The van der Waals surface area contributed by atoms with Crippen LogP contribution in [0.1, 0.15) is 64.4 Å². The van der Waals surface area contributed by atoms with Crippen LogP contribution in [0.5, 0.6) is 5.75 Å². The summed E-state index contributed by atoms with van der Waals surface area (Å²) in [5.74, 6) is 3.37. The van der Waals surface area contributed by atoms with E-state index in [0.29, 0.717) is 36.8 Å². The second kappa shape index (κ2) is 11.2. The van der Waals surface area contributed by atoms with Gasteiger partial charge in [-0.25, -0.2) is 0 Å². The number of esters is 1. The number of rotatable bonds is 11. The van der Waals surface area contributed by atoms with Gasteiger partial charge in [0.05, 0.1) is 13.0 Å². The van der Waals surface area contributed by atoms with Crippen LogP contribution in [0.25, 0.3) is 0 Å². The maximum Gasteiger partial charge on any atom is 0.310 e. The minimum atomic E-state index is -0.550. The molecule has 4 aliphatic rings. The molecule has 180 valence electrons. The highest BCUT2D eigenvalue weighted by molar-refractivity contribution is 5.85. The second-order valence-electron chi connectivity index (χ2n) is 10.7. The molecule has 4 bridgehead atoms. The molecule has 0 aromatic heterocycles. The molecule has 0 radical (unpaired) electrons. The molecular weight excluding hydrogens is 426 g/mol. The van der Waals surface area contributed by atoms with Crippen molar-refractivity contribution >= 4 is 18.4 Å². The van der Waals surface area contributed by atoms with E-state index in [1.165, 1.54) is 38.5 Å². The summed E-state index contributed by atoms with van der Waals surface area (Å²) in [6, 6.07) is 7.82. The average molecular weight is 466 g/mol. The summed E-state index contributed by atoms with van der Waals surface area (Å²) in [4.78, 5) is 12.3. The smallest absolute Gasteiger partial charge is 0.310 e. The van der Waals surface area contributed by atoms with E-state index in [1.54, 1.807) is 0 Å². The first-order valence-electron chi connectivity index (χ1n) is 12.2. The molecule has 4 fully saturated rings. The third-order valence-electron chi connectivity index (χ3n) is 7.54. The summed E-state index contributed by atoms with van der Waals surface area (Å²) in [7, 11) is 0. The molecule has 0 amide bonds. The summed E-state index contributed by atoms with van der Waals surface area (Å²) < 4.78 is 11.3. The number of aliphatic hydroxyl groups is 1. The number of hydrogen-bond acceptors (Lipinski definition) is 5. The first-order valence-corrected chi connectivity index (χ1v) is 12.2. The van der Waals surface area contributed by atoms with E-state index >= 15 is 0 Å². The lowest BCUT2D eigenvalue weighted by atomic mass is 9.49. The number of carbonyl (C=O) groups is 1. The standard InChI is InChI=1S/C26H39NO4.ClH/c1-18(2)27-16-23(28)17-31-24-5-3-19(4-6-24)12-25(29)30-8-7-26-13-20-9-21(14-26)11-22(10-20)15-26;/h3-6,18,20-23,27-28H,7-17H2,1-2H3;1H. The van der Waals surface area contributed by atoms with E-state index in [0.717, 1.165) is 29.7 Å². The molecule has 2 N–H and O–H groups in total. The Balaban J connectivity index is 0.00000289. The van der Waals surface area contributed by atoms with Crippen LogP contribution in [0.15, 0.2) is 24.3 Å². The maximum atomic E-state index is 12.3. The minimum Gasteiger partial charge on any atom is -0.491 e. The summed E-state index contributed by atoms with van der Waals surface area (Å²) in [5, 5.41) is 13.1. The van der Waals surface area contributed by atoms with E-state index in [1.807, 2.05) is 38.1 Å². The fourth-order valence-electron chi connectivity index (χ4n) is 6.52. The van der Waals surface area contributed by atoms with Crippen LogP contribution < -0.4 is 10.1 Å². The molecule has 1 aromatic rings. The molecule has 1 unspecified atom stereocenters. The molecule has 6 heteroatoms. The fourth-order valence-corrected chi connectivity index (χ4v) is 6.52. The lowest BCUT2D eigenvalue weighted by Gasteiger charge is -2.57. The lowest BCUT2D eigenvalue weighted by Crippen LogP contribution is -2.46. The van der Waals surface area contributed by atoms with E-state index in [2.05, 4.69) is 5.32 Å². The van der Waals surface area contributed by atoms with E-state index in [-0.39, 0.29) is 25.0 Å². The predicted molar refractivity (Wildman–Crippen MR) is 128 cm³/mol.